The van der Waals surface area contributed by atoms with Crippen molar-refractivity contribution in [2.75, 3.05) is 22.5 Å². The molecular formula is C21H20N6O2S. The van der Waals surface area contributed by atoms with Gasteiger partial charge in [0.2, 0.25) is 5.95 Å². The minimum Gasteiger partial charge on any atom is -0.355 e. The van der Waals surface area contributed by atoms with E-state index in [4.69, 9.17) is 4.52 Å². The van der Waals surface area contributed by atoms with E-state index in [2.05, 4.69) is 31.1 Å². The highest BCUT2D eigenvalue weighted by Crippen LogP contribution is 2.25. The molecule has 0 aliphatic rings. The summed E-state index contributed by atoms with van der Waals surface area (Å²) < 4.78 is 5.26. The molecule has 4 rings (SSSR count). The Morgan fingerprint density at radius 3 is 2.63 bits per heavy atom. The molecule has 3 aromatic heterocycles. The molecule has 8 nitrogen and oxygen atoms in total. The van der Waals surface area contributed by atoms with E-state index in [1.165, 1.54) is 11.3 Å². The lowest BCUT2D eigenvalue weighted by atomic mass is 10.2. The second-order valence-corrected chi connectivity index (χ2v) is 7.41. The lowest BCUT2D eigenvalue weighted by Crippen LogP contribution is -2.12. The molecule has 0 atom stereocenters. The molecule has 152 valence electrons. The lowest BCUT2D eigenvalue weighted by Gasteiger charge is -2.10. The van der Waals surface area contributed by atoms with E-state index in [1.54, 1.807) is 18.2 Å². The highest BCUT2D eigenvalue weighted by atomic mass is 32.1. The molecule has 1 aromatic carbocycles. The van der Waals surface area contributed by atoms with Crippen molar-refractivity contribution in [3.8, 4) is 10.6 Å². The van der Waals surface area contributed by atoms with Gasteiger partial charge in [0.05, 0.1) is 4.88 Å². The quantitative estimate of drug-likeness (QED) is 0.389. The maximum atomic E-state index is 12.4. The minimum absolute atomic E-state index is 0.230. The van der Waals surface area contributed by atoms with Gasteiger partial charge in [-0.15, -0.1) is 11.3 Å². The van der Waals surface area contributed by atoms with E-state index in [1.807, 2.05) is 49.6 Å². The number of nitrogens with one attached hydrogen (secondary N) is 3. The Kier molecular flexibility index (Phi) is 5.71. The molecule has 3 N–H and O–H groups in total. The van der Waals surface area contributed by atoms with Crippen LogP contribution in [0.4, 0.5) is 23.1 Å². The number of nitrogens with zero attached hydrogens (tertiary/aromatic N) is 3. The maximum absolute atomic E-state index is 12.4. The summed E-state index contributed by atoms with van der Waals surface area (Å²) >= 11 is 1.53. The van der Waals surface area contributed by atoms with Crippen LogP contribution in [0.3, 0.4) is 0 Å². The predicted molar refractivity (Wildman–Crippen MR) is 118 cm³/mol. The lowest BCUT2D eigenvalue weighted by molar-refractivity contribution is 0.101. The van der Waals surface area contributed by atoms with E-state index < -0.39 is 0 Å². The van der Waals surface area contributed by atoms with Crippen LogP contribution in [0.5, 0.6) is 0 Å². The molecule has 9 heteroatoms. The topological polar surface area (TPSA) is 105 Å². The number of hydrogen-bond acceptors (Lipinski definition) is 8. The van der Waals surface area contributed by atoms with E-state index in [9.17, 15) is 4.79 Å². The van der Waals surface area contributed by atoms with Crippen molar-refractivity contribution >= 4 is 40.4 Å². The molecule has 0 aliphatic carbocycles. The average molecular weight is 420 g/mol. The number of aromatic nitrogens is 3. The zero-order valence-corrected chi connectivity index (χ0v) is 17.3. The fraction of sp³-hybridized carbons (Fsp3) is 0.143. The first kappa shape index (κ1) is 19.6. The monoisotopic (exact) mass is 420 g/mol. The smallest absolute Gasteiger partial charge is 0.277 e. The molecule has 30 heavy (non-hydrogen) atoms. The van der Waals surface area contributed by atoms with Gasteiger partial charge in [-0.2, -0.15) is 4.98 Å². The fourth-order valence-corrected chi connectivity index (χ4v) is 3.44. The van der Waals surface area contributed by atoms with Gasteiger partial charge >= 0.3 is 0 Å². The van der Waals surface area contributed by atoms with E-state index >= 15 is 0 Å². The Balaban J connectivity index is 1.41. The number of thiophene rings is 1. The number of amides is 1. The Bertz CT molecular complexity index is 1140. The highest BCUT2D eigenvalue weighted by molar-refractivity contribution is 7.13. The largest absolute Gasteiger partial charge is 0.355 e. The van der Waals surface area contributed by atoms with Gasteiger partial charge in [0, 0.05) is 35.7 Å². The summed E-state index contributed by atoms with van der Waals surface area (Å²) in [5, 5.41) is 15.0. The Morgan fingerprint density at radius 2 is 1.90 bits per heavy atom. The SMILES string of the molecule is CCNc1nc(C)cc(Nc2ccc(NC(=O)c3cc(-c4cccs4)on3)cc2)n1. The van der Waals surface area contributed by atoms with Gasteiger partial charge < -0.3 is 20.5 Å². The Morgan fingerprint density at radius 1 is 1.10 bits per heavy atom. The summed E-state index contributed by atoms with van der Waals surface area (Å²) in [5.74, 6) is 1.52. The van der Waals surface area contributed by atoms with Crippen LogP contribution >= 0.6 is 11.3 Å². The molecule has 0 spiro atoms. The van der Waals surface area contributed by atoms with Gasteiger partial charge in [-0.3, -0.25) is 4.79 Å². The molecule has 0 saturated carbocycles. The summed E-state index contributed by atoms with van der Waals surface area (Å²) in [4.78, 5) is 22.1. The zero-order chi connectivity index (χ0) is 20.9. The van der Waals surface area contributed by atoms with Gasteiger partial charge in [0.1, 0.15) is 5.82 Å². The standard InChI is InChI=1S/C21H20N6O2S/c1-3-22-21-23-13(2)11-19(26-21)24-14-6-8-15(9-7-14)25-20(28)16-12-17(29-27-16)18-5-4-10-30-18/h4-12H,3H2,1-2H3,(H,25,28)(H2,22,23,24,26). The molecule has 1 amide bonds. The van der Waals surface area contributed by atoms with Gasteiger partial charge in [0.15, 0.2) is 11.5 Å². The van der Waals surface area contributed by atoms with Crippen LogP contribution in [-0.2, 0) is 0 Å². The van der Waals surface area contributed by atoms with Crippen LogP contribution in [-0.4, -0.2) is 27.6 Å². The van der Waals surface area contributed by atoms with Crippen molar-refractivity contribution in [1.82, 2.24) is 15.1 Å². The number of carbonyl (C=O) groups is 1. The predicted octanol–water partition coefficient (Wildman–Crippen LogP) is 4.93. The summed E-state index contributed by atoms with van der Waals surface area (Å²) in [6.45, 7) is 4.66. The molecule has 0 bridgehead atoms. The Labute approximate surface area is 177 Å². The molecule has 0 radical (unpaired) electrons. The maximum Gasteiger partial charge on any atom is 0.277 e. The van der Waals surface area contributed by atoms with Gasteiger partial charge in [-0.1, -0.05) is 11.2 Å². The van der Waals surface area contributed by atoms with Crippen molar-refractivity contribution in [3.63, 3.8) is 0 Å². The number of benzene rings is 1. The van der Waals surface area contributed by atoms with Crippen molar-refractivity contribution in [2.45, 2.75) is 13.8 Å². The second kappa shape index (κ2) is 8.75. The second-order valence-electron chi connectivity index (χ2n) is 6.46. The summed E-state index contributed by atoms with van der Waals surface area (Å²) in [7, 11) is 0. The normalized spacial score (nSPS) is 10.6. The zero-order valence-electron chi connectivity index (χ0n) is 16.5. The molecular weight excluding hydrogens is 400 g/mol. The number of hydrogen-bond donors (Lipinski definition) is 3. The van der Waals surface area contributed by atoms with Crippen LogP contribution < -0.4 is 16.0 Å². The van der Waals surface area contributed by atoms with Crippen LogP contribution in [0, 0.1) is 6.92 Å². The van der Waals surface area contributed by atoms with Crippen molar-refractivity contribution < 1.29 is 9.32 Å². The summed E-state index contributed by atoms with van der Waals surface area (Å²) in [5.41, 5.74) is 2.59. The molecule has 4 aromatic rings. The summed E-state index contributed by atoms with van der Waals surface area (Å²) in [6.07, 6.45) is 0. The number of carbonyl (C=O) groups excluding carboxylic acids is 1. The van der Waals surface area contributed by atoms with Crippen LogP contribution in [0.25, 0.3) is 10.6 Å². The highest BCUT2D eigenvalue weighted by Gasteiger charge is 2.14. The Hall–Kier alpha value is -3.72. The van der Waals surface area contributed by atoms with E-state index in [0.717, 1.165) is 22.8 Å². The van der Waals surface area contributed by atoms with Crippen molar-refractivity contribution in [3.05, 3.63) is 65.3 Å². The first-order chi connectivity index (χ1) is 14.6. The molecule has 0 unspecified atom stereocenters. The average Bonchev–Trinajstić information content (AvgIpc) is 3.41. The molecule has 0 aliphatic heterocycles. The van der Waals surface area contributed by atoms with E-state index in [-0.39, 0.29) is 11.6 Å². The van der Waals surface area contributed by atoms with E-state index in [0.29, 0.717) is 23.2 Å². The summed E-state index contributed by atoms with van der Waals surface area (Å²) in [6, 6.07) is 14.7. The minimum atomic E-state index is -0.330. The molecule has 3 heterocycles. The third kappa shape index (κ3) is 4.64. The van der Waals surface area contributed by atoms with Gasteiger partial charge in [-0.05, 0) is 49.6 Å². The number of rotatable bonds is 7. The molecule has 0 saturated heterocycles. The van der Waals surface area contributed by atoms with Crippen LogP contribution in [0.1, 0.15) is 23.1 Å². The number of aryl methyl sites for hydroxylation is 1. The first-order valence-electron chi connectivity index (χ1n) is 9.39. The third-order valence-corrected chi connectivity index (χ3v) is 5.00. The number of anilines is 4. The first-order valence-corrected chi connectivity index (χ1v) is 10.3. The molecule has 0 fully saturated rings. The van der Waals surface area contributed by atoms with Gasteiger partial charge in [-0.25, -0.2) is 4.98 Å². The van der Waals surface area contributed by atoms with Crippen LogP contribution in [0.15, 0.2) is 58.4 Å². The van der Waals surface area contributed by atoms with Gasteiger partial charge in [0.25, 0.3) is 5.91 Å². The van der Waals surface area contributed by atoms with Crippen LogP contribution in [0.2, 0.25) is 0 Å². The van der Waals surface area contributed by atoms with Crippen molar-refractivity contribution in [1.29, 1.82) is 0 Å². The van der Waals surface area contributed by atoms with Crippen molar-refractivity contribution in [2.24, 2.45) is 0 Å². The fourth-order valence-electron chi connectivity index (χ4n) is 2.77. The third-order valence-electron chi connectivity index (χ3n) is 4.11.